The normalized spacial score (nSPS) is 24.6. The summed E-state index contributed by atoms with van der Waals surface area (Å²) >= 11 is 9.52. The zero-order valence-corrected chi connectivity index (χ0v) is 12.4. The lowest BCUT2D eigenvalue weighted by Crippen LogP contribution is -2.27. The Balaban J connectivity index is 2.02. The van der Waals surface area contributed by atoms with E-state index >= 15 is 0 Å². The summed E-state index contributed by atoms with van der Waals surface area (Å²) in [6.07, 6.45) is 8.18. The van der Waals surface area contributed by atoms with E-state index in [1.807, 2.05) is 6.07 Å². The van der Waals surface area contributed by atoms with Crippen LogP contribution in [-0.2, 0) is 0 Å². The van der Waals surface area contributed by atoms with Crippen molar-refractivity contribution in [2.24, 2.45) is 5.92 Å². The van der Waals surface area contributed by atoms with Crippen LogP contribution in [0.4, 0.5) is 5.69 Å². The van der Waals surface area contributed by atoms with Gasteiger partial charge in [-0.2, -0.15) is 0 Å². The lowest BCUT2D eigenvalue weighted by molar-refractivity contribution is 0.327. The molecule has 0 aromatic carbocycles. The summed E-state index contributed by atoms with van der Waals surface area (Å²) in [5.74, 6) is 0.861. The van der Waals surface area contributed by atoms with Crippen LogP contribution in [0.2, 0.25) is 5.15 Å². The van der Waals surface area contributed by atoms with Gasteiger partial charge in [-0.25, -0.2) is 4.98 Å². The van der Waals surface area contributed by atoms with E-state index < -0.39 is 0 Å². The second kappa shape index (κ2) is 6.05. The first-order chi connectivity index (χ1) is 8.19. The van der Waals surface area contributed by atoms with Gasteiger partial charge in [0.2, 0.25) is 0 Å². The number of pyridine rings is 1. The molecule has 1 saturated carbocycles. The van der Waals surface area contributed by atoms with Gasteiger partial charge in [-0.1, -0.05) is 37.8 Å². The SMILES string of the molecule is CCC1CCCC(Nc2cc(Br)cnc2Cl)C1. The Morgan fingerprint density at radius 3 is 3.12 bits per heavy atom. The molecule has 1 heterocycles. The van der Waals surface area contributed by atoms with Crippen molar-refractivity contribution in [2.45, 2.75) is 45.1 Å². The number of nitrogens with zero attached hydrogens (tertiary/aromatic N) is 1. The highest BCUT2D eigenvalue weighted by atomic mass is 79.9. The van der Waals surface area contributed by atoms with Crippen molar-refractivity contribution in [1.29, 1.82) is 0 Å². The van der Waals surface area contributed by atoms with Crippen LogP contribution in [0.25, 0.3) is 0 Å². The molecule has 17 heavy (non-hydrogen) atoms. The van der Waals surface area contributed by atoms with Gasteiger partial charge < -0.3 is 5.32 Å². The Morgan fingerprint density at radius 2 is 2.35 bits per heavy atom. The Morgan fingerprint density at radius 1 is 1.53 bits per heavy atom. The van der Waals surface area contributed by atoms with Gasteiger partial charge >= 0.3 is 0 Å². The Bertz CT molecular complexity index is 384. The van der Waals surface area contributed by atoms with Crippen molar-refractivity contribution in [3.63, 3.8) is 0 Å². The molecule has 2 rings (SSSR count). The summed E-state index contributed by atoms with van der Waals surface area (Å²) in [5, 5.41) is 4.09. The average Bonchev–Trinajstić information content (AvgIpc) is 2.34. The quantitative estimate of drug-likeness (QED) is 0.804. The fourth-order valence-corrected chi connectivity index (χ4v) is 3.03. The third-order valence-corrected chi connectivity index (χ3v) is 4.26. The molecule has 2 nitrogen and oxygen atoms in total. The Hall–Kier alpha value is -0.280. The van der Waals surface area contributed by atoms with Crippen LogP contribution in [0.1, 0.15) is 39.0 Å². The average molecular weight is 318 g/mol. The third-order valence-electron chi connectivity index (χ3n) is 3.53. The molecule has 0 saturated heterocycles. The molecule has 1 aromatic heterocycles. The molecule has 4 heteroatoms. The zero-order chi connectivity index (χ0) is 12.3. The maximum Gasteiger partial charge on any atom is 0.152 e. The van der Waals surface area contributed by atoms with E-state index in [2.05, 4.69) is 33.2 Å². The first kappa shape index (κ1) is 13.2. The highest BCUT2D eigenvalue weighted by molar-refractivity contribution is 9.10. The van der Waals surface area contributed by atoms with E-state index in [1.165, 1.54) is 32.1 Å². The largest absolute Gasteiger partial charge is 0.380 e. The molecule has 0 aliphatic heterocycles. The van der Waals surface area contributed by atoms with Crippen LogP contribution < -0.4 is 5.32 Å². The van der Waals surface area contributed by atoms with E-state index in [0.717, 1.165) is 16.1 Å². The van der Waals surface area contributed by atoms with Crippen molar-refractivity contribution in [1.82, 2.24) is 4.98 Å². The van der Waals surface area contributed by atoms with Gasteiger partial charge in [-0.3, -0.25) is 0 Å². The highest BCUT2D eigenvalue weighted by Gasteiger charge is 2.21. The monoisotopic (exact) mass is 316 g/mol. The molecular weight excluding hydrogens is 300 g/mol. The van der Waals surface area contributed by atoms with E-state index in [-0.39, 0.29) is 0 Å². The van der Waals surface area contributed by atoms with E-state index in [4.69, 9.17) is 11.6 Å². The number of hydrogen-bond donors (Lipinski definition) is 1. The minimum Gasteiger partial charge on any atom is -0.380 e. The van der Waals surface area contributed by atoms with Crippen LogP contribution >= 0.6 is 27.5 Å². The van der Waals surface area contributed by atoms with Crippen LogP contribution in [-0.4, -0.2) is 11.0 Å². The molecular formula is C13H18BrClN2. The molecule has 1 aliphatic rings. The van der Waals surface area contributed by atoms with Gasteiger partial charge in [0.1, 0.15) is 0 Å². The van der Waals surface area contributed by atoms with E-state index in [1.54, 1.807) is 6.20 Å². The van der Waals surface area contributed by atoms with Gasteiger partial charge in [0, 0.05) is 16.7 Å². The fraction of sp³-hybridized carbons (Fsp3) is 0.615. The summed E-state index contributed by atoms with van der Waals surface area (Å²) in [5.41, 5.74) is 0.947. The van der Waals surface area contributed by atoms with Crippen molar-refractivity contribution in [3.05, 3.63) is 21.9 Å². The number of halogens is 2. The minimum absolute atomic E-state index is 0.544. The fourth-order valence-electron chi connectivity index (χ4n) is 2.54. The van der Waals surface area contributed by atoms with Gasteiger partial charge in [0.25, 0.3) is 0 Å². The van der Waals surface area contributed by atoms with E-state index in [9.17, 15) is 0 Å². The van der Waals surface area contributed by atoms with Crippen molar-refractivity contribution in [2.75, 3.05) is 5.32 Å². The third kappa shape index (κ3) is 3.59. The topological polar surface area (TPSA) is 24.9 Å². The molecule has 1 fully saturated rings. The Labute approximate surface area is 116 Å². The highest BCUT2D eigenvalue weighted by Crippen LogP contribution is 2.31. The molecule has 0 amide bonds. The number of aromatic nitrogens is 1. The number of nitrogens with one attached hydrogen (secondary N) is 1. The maximum absolute atomic E-state index is 6.09. The molecule has 1 N–H and O–H groups in total. The molecule has 94 valence electrons. The number of rotatable bonds is 3. The predicted molar refractivity (Wildman–Crippen MR) is 76.6 cm³/mol. The molecule has 2 unspecified atom stereocenters. The second-order valence-electron chi connectivity index (χ2n) is 4.77. The van der Waals surface area contributed by atoms with Crippen LogP contribution in [0.5, 0.6) is 0 Å². The lowest BCUT2D eigenvalue weighted by Gasteiger charge is -2.30. The van der Waals surface area contributed by atoms with Gasteiger partial charge in [-0.15, -0.1) is 0 Å². The van der Waals surface area contributed by atoms with Crippen LogP contribution in [0.15, 0.2) is 16.7 Å². The molecule has 2 atom stereocenters. The summed E-state index contributed by atoms with van der Waals surface area (Å²) in [7, 11) is 0. The molecule has 1 aliphatic carbocycles. The molecule has 0 radical (unpaired) electrons. The standard InChI is InChI=1S/C13H18BrClN2/c1-2-9-4-3-5-11(6-9)17-12-7-10(14)8-16-13(12)15/h7-9,11,17H,2-6H2,1H3. The van der Waals surface area contributed by atoms with Crippen LogP contribution in [0, 0.1) is 5.92 Å². The van der Waals surface area contributed by atoms with Crippen LogP contribution in [0.3, 0.4) is 0 Å². The van der Waals surface area contributed by atoms with Gasteiger partial charge in [0.15, 0.2) is 5.15 Å². The van der Waals surface area contributed by atoms with E-state index in [0.29, 0.717) is 11.2 Å². The first-order valence-electron chi connectivity index (χ1n) is 6.26. The molecule has 0 spiro atoms. The first-order valence-corrected chi connectivity index (χ1v) is 7.43. The summed E-state index contributed by atoms with van der Waals surface area (Å²) < 4.78 is 0.965. The summed E-state index contributed by atoms with van der Waals surface area (Å²) in [6.45, 7) is 2.28. The predicted octanol–water partition coefficient (Wildman–Crippen LogP) is 4.88. The van der Waals surface area contributed by atoms with Gasteiger partial charge in [0.05, 0.1) is 5.69 Å². The lowest BCUT2D eigenvalue weighted by atomic mass is 9.84. The smallest absolute Gasteiger partial charge is 0.152 e. The summed E-state index contributed by atoms with van der Waals surface area (Å²) in [6, 6.07) is 2.55. The molecule has 1 aromatic rings. The van der Waals surface area contributed by atoms with Crippen molar-refractivity contribution < 1.29 is 0 Å². The molecule has 0 bridgehead atoms. The minimum atomic E-state index is 0.544. The van der Waals surface area contributed by atoms with Gasteiger partial charge in [-0.05, 0) is 40.8 Å². The zero-order valence-electron chi connectivity index (χ0n) is 10.0. The second-order valence-corrected chi connectivity index (χ2v) is 6.05. The van der Waals surface area contributed by atoms with Crippen molar-refractivity contribution in [3.8, 4) is 0 Å². The Kier molecular flexibility index (Phi) is 4.69. The maximum atomic E-state index is 6.09. The number of anilines is 1. The summed E-state index contributed by atoms with van der Waals surface area (Å²) in [4.78, 5) is 4.14. The van der Waals surface area contributed by atoms with Crippen molar-refractivity contribution >= 4 is 33.2 Å². The number of hydrogen-bond acceptors (Lipinski definition) is 2.